The van der Waals surface area contributed by atoms with Crippen LogP contribution in [0.2, 0.25) is 0 Å². The molecule has 0 aliphatic rings. The van der Waals surface area contributed by atoms with Crippen molar-refractivity contribution >= 4 is 33.3 Å². The predicted molar refractivity (Wildman–Crippen MR) is 99.0 cm³/mol. The van der Waals surface area contributed by atoms with Crippen LogP contribution >= 0.6 is 11.3 Å². The molecule has 23 heavy (non-hydrogen) atoms. The van der Waals surface area contributed by atoms with Gasteiger partial charge < -0.3 is 19.4 Å². The van der Waals surface area contributed by atoms with E-state index < -0.39 is 0 Å². The largest absolute Gasteiger partial charge is 0.383 e. The summed E-state index contributed by atoms with van der Waals surface area (Å²) in [6, 6.07) is 2.06. The Morgan fingerprint density at radius 1 is 1.04 bits per heavy atom. The topological polar surface area (TPSA) is 44.7 Å². The van der Waals surface area contributed by atoms with E-state index in [4.69, 9.17) is 14.7 Å². The molecule has 0 amide bonds. The molecule has 2 heterocycles. The molecule has 0 atom stereocenters. The lowest BCUT2D eigenvalue weighted by molar-refractivity contribution is 0.206. The maximum atomic E-state index is 5.18. The molecular weight excluding hydrogens is 310 g/mol. The summed E-state index contributed by atoms with van der Waals surface area (Å²) in [4.78, 5) is 16.0. The second-order valence-corrected chi connectivity index (χ2v) is 6.89. The smallest absolute Gasteiger partial charge is 0.227 e. The number of aromatic nitrogens is 2. The fraction of sp³-hybridized carbons (Fsp3) is 0.625. The van der Waals surface area contributed by atoms with E-state index in [9.17, 15) is 0 Å². The first-order chi connectivity index (χ1) is 11.0. The highest BCUT2D eigenvalue weighted by atomic mass is 32.1. The molecule has 0 fully saturated rings. The minimum Gasteiger partial charge on any atom is -0.383 e. The number of ether oxygens (including phenoxy) is 1. The molecule has 0 radical (unpaired) electrons. The van der Waals surface area contributed by atoms with Crippen molar-refractivity contribution in [1.29, 1.82) is 0 Å². The van der Waals surface area contributed by atoms with Gasteiger partial charge in [0.15, 0.2) is 5.82 Å². The lowest BCUT2D eigenvalue weighted by Gasteiger charge is -2.22. The molecule has 0 spiro atoms. The standard InChI is InChI=1S/C16H27N5OS/c1-19(2)8-6-9-21(4)16-17-13-7-12-23-14(13)15(18-16)20(3)10-11-22-5/h7,12H,6,8-11H2,1-5H3. The monoisotopic (exact) mass is 337 g/mol. The third-order valence-electron chi connectivity index (χ3n) is 3.71. The average Bonchev–Trinajstić information content (AvgIpc) is 2.99. The van der Waals surface area contributed by atoms with Gasteiger partial charge in [-0.2, -0.15) is 4.98 Å². The van der Waals surface area contributed by atoms with Crippen LogP contribution in [0.1, 0.15) is 6.42 Å². The normalized spacial score (nSPS) is 11.4. The molecule has 2 rings (SSSR count). The number of hydrogen-bond donors (Lipinski definition) is 0. The molecule has 6 nitrogen and oxygen atoms in total. The molecule has 0 saturated carbocycles. The minimum atomic E-state index is 0.682. The van der Waals surface area contributed by atoms with Gasteiger partial charge in [-0.15, -0.1) is 11.3 Å². The zero-order valence-electron chi connectivity index (χ0n) is 14.7. The highest BCUT2D eigenvalue weighted by molar-refractivity contribution is 7.17. The molecule has 0 aliphatic carbocycles. The van der Waals surface area contributed by atoms with Gasteiger partial charge in [-0.05, 0) is 38.5 Å². The summed E-state index contributed by atoms with van der Waals surface area (Å²) in [7, 11) is 10.0. The van der Waals surface area contributed by atoms with Gasteiger partial charge in [0.1, 0.15) is 0 Å². The summed E-state index contributed by atoms with van der Waals surface area (Å²) in [6.45, 7) is 3.49. The van der Waals surface area contributed by atoms with Crippen LogP contribution in [0.5, 0.6) is 0 Å². The fourth-order valence-electron chi connectivity index (χ4n) is 2.32. The van der Waals surface area contributed by atoms with Crippen molar-refractivity contribution in [3.8, 4) is 0 Å². The second kappa shape index (κ2) is 8.42. The number of rotatable bonds is 9. The minimum absolute atomic E-state index is 0.682. The number of anilines is 2. The highest BCUT2D eigenvalue weighted by Gasteiger charge is 2.15. The Kier molecular flexibility index (Phi) is 6.56. The second-order valence-electron chi connectivity index (χ2n) is 5.97. The van der Waals surface area contributed by atoms with Crippen molar-refractivity contribution in [1.82, 2.24) is 14.9 Å². The molecule has 0 N–H and O–H groups in total. The Morgan fingerprint density at radius 2 is 1.83 bits per heavy atom. The Bertz CT molecular complexity index is 616. The van der Waals surface area contributed by atoms with Gasteiger partial charge in [-0.3, -0.25) is 0 Å². The number of likely N-dealkylation sites (N-methyl/N-ethyl adjacent to an activating group) is 1. The number of hydrogen-bond acceptors (Lipinski definition) is 7. The van der Waals surface area contributed by atoms with Crippen LogP contribution in [0.4, 0.5) is 11.8 Å². The number of nitrogens with zero attached hydrogens (tertiary/aromatic N) is 5. The van der Waals surface area contributed by atoms with Crippen molar-refractivity contribution in [2.45, 2.75) is 6.42 Å². The molecule has 2 aromatic heterocycles. The first-order valence-corrected chi connectivity index (χ1v) is 8.72. The zero-order valence-corrected chi connectivity index (χ0v) is 15.6. The van der Waals surface area contributed by atoms with Crippen LogP contribution in [0, 0.1) is 0 Å². The van der Waals surface area contributed by atoms with Gasteiger partial charge in [0.05, 0.1) is 16.8 Å². The van der Waals surface area contributed by atoms with Crippen LogP contribution in [0.3, 0.4) is 0 Å². The quantitative estimate of drug-likeness (QED) is 0.699. The van der Waals surface area contributed by atoms with Crippen molar-refractivity contribution in [3.63, 3.8) is 0 Å². The number of methoxy groups -OCH3 is 1. The maximum Gasteiger partial charge on any atom is 0.227 e. The van der Waals surface area contributed by atoms with Crippen molar-refractivity contribution in [2.24, 2.45) is 0 Å². The van der Waals surface area contributed by atoms with E-state index in [0.717, 1.165) is 48.0 Å². The van der Waals surface area contributed by atoms with Crippen molar-refractivity contribution in [3.05, 3.63) is 11.4 Å². The Hall–Kier alpha value is -1.44. The summed E-state index contributed by atoms with van der Waals surface area (Å²) in [5.41, 5.74) is 1.01. The van der Waals surface area contributed by atoms with Gasteiger partial charge >= 0.3 is 0 Å². The molecule has 7 heteroatoms. The third-order valence-corrected chi connectivity index (χ3v) is 4.61. The van der Waals surface area contributed by atoms with Gasteiger partial charge in [0, 0.05) is 34.3 Å². The third kappa shape index (κ3) is 4.76. The van der Waals surface area contributed by atoms with Gasteiger partial charge in [0.2, 0.25) is 5.95 Å². The lowest BCUT2D eigenvalue weighted by Crippen LogP contribution is -2.27. The van der Waals surface area contributed by atoms with Gasteiger partial charge in [-0.25, -0.2) is 4.98 Å². The predicted octanol–water partition coefficient (Wildman–Crippen LogP) is 2.16. The summed E-state index contributed by atoms with van der Waals surface area (Å²) >= 11 is 1.69. The Morgan fingerprint density at radius 3 is 2.52 bits per heavy atom. The summed E-state index contributed by atoms with van der Waals surface area (Å²) < 4.78 is 6.32. The summed E-state index contributed by atoms with van der Waals surface area (Å²) in [5, 5.41) is 2.07. The van der Waals surface area contributed by atoms with E-state index in [1.54, 1.807) is 18.4 Å². The summed E-state index contributed by atoms with van der Waals surface area (Å²) in [5.74, 6) is 1.77. The maximum absolute atomic E-state index is 5.18. The zero-order chi connectivity index (χ0) is 16.8. The first kappa shape index (κ1) is 17.9. The van der Waals surface area contributed by atoms with Gasteiger partial charge in [0.25, 0.3) is 0 Å². The van der Waals surface area contributed by atoms with Crippen LogP contribution in [0.25, 0.3) is 10.2 Å². The molecule has 0 aromatic carbocycles. The van der Waals surface area contributed by atoms with E-state index in [1.165, 1.54) is 0 Å². The fourth-order valence-corrected chi connectivity index (χ4v) is 3.20. The first-order valence-electron chi connectivity index (χ1n) is 7.84. The molecule has 0 aliphatic heterocycles. The highest BCUT2D eigenvalue weighted by Crippen LogP contribution is 2.30. The number of thiophene rings is 1. The van der Waals surface area contributed by atoms with Crippen LogP contribution in [-0.4, -0.2) is 76.4 Å². The van der Waals surface area contributed by atoms with Crippen molar-refractivity contribution in [2.75, 3.05) is 71.3 Å². The van der Waals surface area contributed by atoms with E-state index >= 15 is 0 Å². The summed E-state index contributed by atoms with van der Waals surface area (Å²) in [6.07, 6.45) is 1.09. The molecule has 128 valence electrons. The van der Waals surface area contributed by atoms with Gasteiger partial charge in [-0.1, -0.05) is 0 Å². The van der Waals surface area contributed by atoms with E-state index in [1.807, 2.05) is 0 Å². The molecule has 0 bridgehead atoms. The molecular formula is C16H27N5OS. The Balaban J connectivity index is 2.20. The Labute approximate surface area is 142 Å². The van der Waals surface area contributed by atoms with E-state index in [0.29, 0.717) is 6.61 Å². The lowest BCUT2D eigenvalue weighted by atomic mass is 10.3. The van der Waals surface area contributed by atoms with Crippen molar-refractivity contribution < 1.29 is 4.74 Å². The van der Waals surface area contributed by atoms with Crippen LogP contribution in [-0.2, 0) is 4.74 Å². The van der Waals surface area contributed by atoms with E-state index in [2.05, 4.69) is 54.3 Å². The number of fused-ring (bicyclic) bond motifs is 1. The SMILES string of the molecule is COCCN(C)c1nc(N(C)CCCN(C)C)nc2ccsc12. The van der Waals surface area contributed by atoms with Crippen LogP contribution in [0.15, 0.2) is 11.4 Å². The average molecular weight is 337 g/mol. The van der Waals surface area contributed by atoms with E-state index in [-0.39, 0.29) is 0 Å². The van der Waals surface area contributed by atoms with Crippen LogP contribution < -0.4 is 9.80 Å². The molecule has 0 saturated heterocycles. The molecule has 0 unspecified atom stereocenters. The molecule has 2 aromatic rings.